The lowest BCUT2D eigenvalue weighted by Crippen LogP contribution is -2.28. The number of carbonyl (C=O) groups is 2. The fraction of sp³-hybridized carbons (Fsp3) is 0.129. The summed E-state index contributed by atoms with van der Waals surface area (Å²) < 4.78 is 3.44. The summed E-state index contributed by atoms with van der Waals surface area (Å²) in [7, 11) is 1.84. The molecule has 0 spiro atoms. The number of hydrogen-bond donors (Lipinski definition) is 3. The number of benzene rings is 1. The summed E-state index contributed by atoms with van der Waals surface area (Å²) in [6, 6.07) is 12.6. The van der Waals surface area contributed by atoms with Crippen LogP contribution >= 0.6 is 11.3 Å². The lowest BCUT2D eigenvalue weighted by atomic mass is 10.0. The Bertz CT molecular complexity index is 2080. The maximum absolute atomic E-state index is 13.4. The van der Waals surface area contributed by atoms with Crippen LogP contribution in [0.2, 0.25) is 0 Å². The molecule has 0 saturated carbocycles. The van der Waals surface area contributed by atoms with Gasteiger partial charge in [0.25, 0.3) is 0 Å². The van der Waals surface area contributed by atoms with Gasteiger partial charge in [0, 0.05) is 54.3 Å². The minimum atomic E-state index is -1.33. The van der Waals surface area contributed by atoms with E-state index in [4.69, 9.17) is 4.98 Å². The molecule has 1 aromatic carbocycles. The molecule has 0 aliphatic carbocycles. The second kappa shape index (κ2) is 11.9. The lowest BCUT2D eigenvalue weighted by Gasteiger charge is -2.14. The Morgan fingerprint density at radius 1 is 1.00 bits per heavy atom. The molecule has 0 bridgehead atoms. The molecular formula is C31H26N8O4S. The van der Waals surface area contributed by atoms with Crippen LogP contribution in [0.15, 0.2) is 83.8 Å². The predicted molar refractivity (Wildman–Crippen MR) is 168 cm³/mol. The third kappa shape index (κ3) is 5.68. The molecule has 3 N–H and O–H groups in total. The summed E-state index contributed by atoms with van der Waals surface area (Å²) in [5, 5.41) is 18.0. The third-order valence-corrected chi connectivity index (χ3v) is 7.73. The minimum Gasteiger partial charge on any atom is -0.477 e. The molecule has 220 valence electrons. The van der Waals surface area contributed by atoms with Gasteiger partial charge in [0.2, 0.25) is 5.43 Å². The fourth-order valence-corrected chi connectivity index (χ4v) is 5.67. The van der Waals surface area contributed by atoms with Gasteiger partial charge in [-0.25, -0.2) is 24.5 Å². The van der Waals surface area contributed by atoms with Crippen molar-refractivity contribution in [3.63, 3.8) is 0 Å². The van der Waals surface area contributed by atoms with Crippen molar-refractivity contribution in [3.8, 4) is 33.1 Å². The van der Waals surface area contributed by atoms with Crippen molar-refractivity contribution in [2.75, 3.05) is 11.9 Å². The number of carboxylic acids is 1. The number of carboxylic acid groups (broad SMARTS) is 1. The molecule has 5 aromatic heterocycles. The lowest BCUT2D eigenvalue weighted by molar-refractivity contribution is 0.0694. The molecule has 12 nitrogen and oxygen atoms in total. The predicted octanol–water partition coefficient (Wildman–Crippen LogP) is 4.87. The van der Waals surface area contributed by atoms with Gasteiger partial charge in [-0.1, -0.05) is 30.3 Å². The van der Waals surface area contributed by atoms with Crippen molar-refractivity contribution in [1.82, 2.24) is 34.4 Å². The zero-order valence-corrected chi connectivity index (χ0v) is 24.5. The standard InChI is InChI=1S/C31H26N8O4S/c1-3-32-31(43)37-27-10-20(29-36-25(16-44-29)18-7-5-4-6-8-18)22(11-34-27)24-9-21-26(12-33-24)39(14-19-13-38(2)17-35-19)15-23(28(21)40)30(41)42/h4-13,15-17H,3,14H2,1-2H3,(H,41,42)(H2,32,34,37,43). The Hall–Kier alpha value is -5.69. The molecule has 6 rings (SSSR count). The van der Waals surface area contributed by atoms with Crippen molar-refractivity contribution in [2.24, 2.45) is 7.05 Å². The van der Waals surface area contributed by atoms with Crippen molar-refractivity contribution in [2.45, 2.75) is 13.5 Å². The highest BCUT2D eigenvalue weighted by atomic mass is 32.1. The summed E-state index contributed by atoms with van der Waals surface area (Å²) in [5.41, 5.74) is 3.47. The van der Waals surface area contributed by atoms with Gasteiger partial charge in [-0.2, -0.15) is 0 Å². The van der Waals surface area contributed by atoms with E-state index >= 15 is 0 Å². The van der Waals surface area contributed by atoms with E-state index in [1.54, 1.807) is 40.0 Å². The number of anilines is 1. The van der Waals surface area contributed by atoms with Gasteiger partial charge < -0.3 is 19.6 Å². The summed E-state index contributed by atoms with van der Waals surface area (Å²) in [6.45, 7) is 2.50. The van der Waals surface area contributed by atoms with Crippen LogP contribution in [0.25, 0.3) is 44.0 Å². The molecule has 13 heteroatoms. The van der Waals surface area contributed by atoms with Gasteiger partial charge in [-0.3, -0.25) is 15.1 Å². The van der Waals surface area contributed by atoms with Gasteiger partial charge in [0.15, 0.2) is 0 Å². The van der Waals surface area contributed by atoms with Crippen LogP contribution in [0.5, 0.6) is 0 Å². The summed E-state index contributed by atoms with van der Waals surface area (Å²) in [4.78, 5) is 56.0. The van der Waals surface area contributed by atoms with E-state index in [0.717, 1.165) is 11.3 Å². The van der Waals surface area contributed by atoms with Crippen LogP contribution in [0.1, 0.15) is 23.0 Å². The Labute approximate surface area is 254 Å². The number of fused-ring (bicyclic) bond motifs is 1. The molecule has 0 unspecified atom stereocenters. The van der Waals surface area contributed by atoms with Crippen molar-refractivity contribution in [1.29, 1.82) is 0 Å². The second-order valence-electron chi connectivity index (χ2n) is 9.93. The number of aromatic carboxylic acids is 1. The Balaban J connectivity index is 1.50. The van der Waals surface area contributed by atoms with E-state index in [1.807, 2.05) is 55.9 Å². The smallest absolute Gasteiger partial charge is 0.341 e. The Kier molecular flexibility index (Phi) is 7.69. The van der Waals surface area contributed by atoms with E-state index in [0.29, 0.717) is 45.4 Å². The number of nitrogens with one attached hydrogen (secondary N) is 2. The maximum Gasteiger partial charge on any atom is 0.341 e. The van der Waals surface area contributed by atoms with Gasteiger partial charge in [-0.15, -0.1) is 11.3 Å². The van der Waals surface area contributed by atoms with E-state index in [-0.39, 0.29) is 17.5 Å². The molecule has 0 aliphatic heterocycles. The zero-order valence-electron chi connectivity index (χ0n) is 23.7. The molecule has 0 saturated heterocycles. The van der Waals surface area contributed by atoms with Crippen molar-refractivity contribution in [3.05, 3.63) is 100 Å². The molecule has 44 heavy (non-hydrogen) atoms. The normalized spacial score (nSPS) is 11.0. The van der Waals surface area contributed by atoms with Gasteiger partial charge in [0.1, 0.15) is 16.4 Å². The van der Waals surface area contributed by atoms with Crippen LogP contribution in [0.3, 0.4) is 0 Å². The van der Waals surface area contributed by atoms with Gasteiger partial charge >= 0.3 is 12.0 Å². The number of pyridine rings is 3. The third-order valence-electron chi connectivity index (χ3n) is 6.85. The average molecular weight is 607 g/mol. The number of urea groups is 1. The number of thiazole rings is 1. The van der Waals surface area contributed by atoms with Crippen LogP contribution in [-0.2, 0) is 13.6 Å². The molecule has 6 aromatic rings. The molecule has 0 aliphatic rings. The monoisotopic (exact) mass is 606 g/mol. The first-order valence-electron chi connectivity index (χ1n) is 13.6. The van der Waals surface area contributed by atoms with Crippen LogP contribution in [0, 0.1) is 0 Å². The Morgan fingerprint density at radius 3 is 2.55 bits per heavy atom. The molecule has 0 radical (unpaired) electrons. The van der Waals surface area contributed by atoms with E-state index in [9.17, 15) is 19.5 Å². The zero-order chi connectivity index (χ0) is 30.8. The fourth-order valence-electron chi connectivity index (χ4n) is 4.81. The first kappa shape index (κ1) is 28.4. The van der Waals surface area contributed by atoms with Crippen LogP contribution < -0.4 is 16.1 Å². The number of aryl methyl sites for hydroxylation is 1. The van der Waals surface area contributed by atoms with Crippen molar-refractivity contribution < 1.29 is 14.7 Å². The molecule has 0 fully saturated rings. The number of imidazole rings is 1. The summed E-state index contributed by atoms with van der Waals surface area (Å²) in [5.74, 6) is -1.03. The van der Waals surface area contributed by atoms with Crippen LogP contribution in [0.4, 0.5) is 10.6 Å². The highest BCUT2D eigenvalue weighted by Crippen LogP contribution is 2.36. The Morgan fingerprint density at radius 2 is 1.82 bits per heavy atom. The highest BCUT2D eigenvalue weighted by molar-refractivity contribution is 7.13. The quantitative estimate of drug-likeness (QED) is 0.222. The van der Waals surface area contributed by atoms with Gasteiger partial charge in [0.05, 0.1) is 47.1 Å². The first-order valence-corrected chi connectivity index (χ1v) is 14.5. The van der Waals surface area contributed by atoms with E-state index in [2.05, 4.69) is 25.6 Å². The number of rotatable bonds is 8. The molecule has 2 amide bonds. The van der Waals surface area contributed by atoms with Crippen LogP contribution in [-0.4, -0.2) is 52.7 Å². The minimum absolute atomic E-state index is 0.186. The molecule has 5 heterocycles. The number of hydrogen-bond acceptors (Lipinski definition) is 8. The molecular weight excluding hydrogens is 580 g/mol. The topological polar surface area (TPSA) is 157 Å². The van der Waals surface area contributed by atoms with E-state index in [1.165, 1.54) is 17.5 Å². The SMILES string of the molecule is CCNC(=O)Nc1cc(-c2nc(-c3ccccc3)cs2)c(-c2cc3c(=O)c(C(=O)O)cn(Cc4cn(C)cn4)c3cn2)cn1. The van der Waals surface area contributed by atoms with E-state index < -0.39 is 17.4 Å². The number of carbonyl (C=O) groups excluding carboxylic acids is 1. The number of nitrogens with zero attached hydrogens (tertiary/aromatic N) is 6. The highest BCUT2D eigenvalue weighted by Gasteiger charge is 2.20. The number of amides is 2. The number of aromatic nitrogens is 6. The average Bonchev–Trinajstić information content (AvgIpc) is 3.68. The maximum atomic E-state index is 13.4. The molecule has 0 atom stereocenters. The largest absolute Gasteiger partial charge is 0.477 e. The van der Waals surface area contributed by atoms with Crippen molar-refractivity contribution >= 4 is 40.1 Å². The summed E-state index contributed by atoms with van der Waals surface area (Å²) >= 11 is 1.42. The first-order chi connectivity index (χ1) is 21.3. The second-order valence-corrected chi connectivity index (χ2v) is 10.8. The summed E-state index contributed by atoms with van der Waals surface area (Å²) in [6.07, 6.45) is 7.89. The van der Waals surface area contributed by atoms with Gasteiger partial charge in [-0.05, 0) is 19.1 Å².